The fourth-order valence-electron chi connectivity index (χ4n) is 0.917. The van der Waals surface area contributed by atoms with Crippen molar-refractivity contribution in [1.82, 2.24) is 0 Å². The van der Waals surface area contributed by atoms with Crippen molar-refractivity contribution < 1.29 is 0 Å². The summed E-state index contributed by atoms with van der Waals surface area (Å²) in [6, 6.07) is 0. The molecule has 56 valence electrons. The van der Waals surface area contributed by atoms with Crippen LogP contribution in [0.5, 0.6) is 0 Å². The number of thiol groups is 2. The molecule has 0 saturated heterocycles. The predicted octanol–water partition coefficient (Wildman–Crippen LogP) is 2.65. The van der Waals surface area contributed by atoms with Crippen LogP contribution in [-0.4, -0.2) is 10.5 Å². The quantitative estimate of drug-likeness (QED) is 0.589. The van der Waals surface area contributed by atoms with Crippen LogP contribution in [0.4, 0.5) is 0 Å². The van der Waals surface area contributed by atoms with Gasteiger partial charge in [-0.25, -0.2) is 0 Å². The average Bonchev–Trinajstić information content (AvgIpc) is 1.62. The molecule has 0 bridgehead atoms. The molecule has 0 aromatic rings. The van der Waals surface area contributed by atoms with Crippen molar-refractivity contribution in [3.8, 4) is 0 Å². The Morgan fingerprint density at radius 3 is 2.00 bits per heavy atom. The Balaban J connectivity index is 3.47. The zero-order chi connectivity index (χ0) is 7.49. The zero-order valence-electron chi connectivity index (χ0n) is 6.39. The second kappa shape index (κ2) is 3.77. The van der Waals surface area contributed by atoms with E-state index >= 15 is 0 Å². The van der Waals surface area contributed by atoms with Gasteiger partial charge in [0, 0.05) is 4.75 Å². The van der Waals surface area contributed by atoms with Crippen LogP contribution in [0.3, 0.4) is 0 Å². The highest BCUT2D eigenvalue weighted by atomic mass is 32.1. The van der Waals surface area contributed by atoms with Crippen LogP contribution in [0.25, 0.3) is 0 Å². The highest BCUT2D eigenvalue weighted by Crippen LogP contribution is 2.22. The van der Waals surface area contributed by atoms with Crippen molar-refractivity contribution in [2.24, 2.45) is 5.92 Å². The molecule has 0 spiro atoms. The van der Waals surface area contributed by atoms with Crippen molar-refractivity contribution in [2.75, 3.05) is 5.75 Å². The molecule has 2 heteroatoms. The zero-order valence-corrected chi connectivity index (χ0v) is 8.17. The van der Waals surface area contributed by atoms with Gasteiger partial charge in [0.1, 0.15) is 0 Å². The van der Waals surface area contributed by atoms with Gasteiger partial charge >= 0.3 is 0 Å². The molecule has 0 rings (SSSR count). The first-order chi connectivity index (χ1) is 3.95. The SMILES string of the molecule is CC(CS)CC(C)(C)S. The van der Waals surface area contributed by atoms with E-state index in [9.17, 15) is 0 Å². The smallest absolute Gasteiger partial charge is 0.00760 e. The number of hydrogen-bond acceptors (Lipinski definition) is 2. The average molecular weight is 164 g/mol. The van der Waals surface area contributed by atoms with Gasteiger partial charge in [-0.2, -0.15) is 25.3 Å². The third-order valence-corrected chi connectivity index (χ3v) is 1.97. The van der Waals surface area contributed by atoms with E-state index < -0.39 is 0 Å². The van der Waals surface area contributed by atoms with Crippen molar-refractivity contribution in [3.63, 3.8) is 0 Å². The van der Waals surface area contributed by atoms with Crippen LogP contribution in [0.2, 0.25) is 0 Å². The van der Waals surface area contributed by atoms with Crippen molar-refractivity contribution >= 4 is 25.3 Å². The fraction of sp³-hybridized carbons (Fsp3) is 1.00. The first-order valence-electron chi connectivity index (χ1n) is 3.29. The van der Waals surface area contributed by atoms with Crippen LogP contribution in [0, 0.1) is 5.92 Å². The topological polar surface area (TPSA) is 0 Å². The Morgan fingerprint density at radius 2 is 1.89 bits per heavy atom. The maximum absolute atomic E-state index is 4.41. The summed E-state index contributed by atoms with van der Waals surface area (Å²) in [5.41, 5.74) is 0. The van der Waals surface area contributed by atoms with Gasteiger partial charge < -0.3 is 0 Å². The molecule has 1 unspecified atom stereocenters. The van der Waals surface area contributed by atoms with Gasteiger partial charge in [-0.15, -0.1) is 0 Å². The lowest BCUT2D eigenvalue weighted by atomic mass is 10.00. The van der Waals surface area contributed by atoms with Gasteiger partial charge in [-0.3, -0.25) is 0 Å². The summed E-state index contributed by atoms with van der Waals surface area (Å²) in [7, 11) is 0. The number of hydrogen-bond donors (Lipinski definition) is 2. The summed E-state index contributed by atoms with van der Waals surface area (Å²) >= 11 is 8.61. The fourth-order valence-corrected chi connectivity index (χ4v) is 1.36. The maximum atomic E-state index is 4.41. The summed E-state index contributed by atoms with van der Waals surface area (Å²) in [5.74, 6) is 1.64. The van der Waals surface area contributed by atoms with E-state index in [1.54, 1.807) is 0 Å². The van der Waals surface area contributed by atoms with Gasteiger partial charge in [0.2, 0.25) is 0 Å². The summed E-state index contributed by atoms with van der Waals surface area (Å²) in [6.45, 7) is 6.47. The van der Waals surface area contributed by atoms with Crippen molar-refractivity contribution in [1.29, 1.82) is 0 Å². The molecule has 0 nitrogen and oxygen atoms in total. The van der Waals surface area contributed by atoms with E-state index in [1.807, 2.05) is 0 Å². The Bertz CT molecular complexity index is 73.5. The van der Waals surface area contributed by atoms with Crippen LogP contribution >= 0.6 is 25.3 Å². The molecule has 0 aromatic heterocycles. The van der Waals surface area contributed by atoms with Crippen molar-refractivity contribution in [3.05, 3.63) is 0 Å². The van der Waals surface area contributed by atoms with E-state index in [0.29, 0.717) is 5.92 Å². The molecule has 0 aliphatic rings. The van der Waals surface area contributed by atoms with Gasteiger partial charge in [0.15, 0.2) is 0 Å². The number of rotatable bonds is 3. The Hall–Kier alpha value is 0.700. The lowest BCUT2D eigenvalue weighted by Crippen LogP contribution is -2.15. The molecular formula is C7H16S2. The minimum atomic E-state index is 0.169. The van der Waals surface area contributed by atoms with Gasteiger partial charge in [-0.1, -0.05) is 20.8 Å². The van der Waals surface area contributed by atoms with E-state index in [2.05, 4.69) is 46.0 Å². The third kappa shape index (κ3) is 6.59. The minimum absolute atomic E-state index is 0.169. The third-order valence-electron chi connectivity index (χ3n) is 1.16. The largest absolute Gasteiger partial charge is 0.179 e. The lowest BCUT2D eigenvalue weighted by Gasteiger charge is -2.20. The first kappa shape index (κ1) is 9.70. The molecule has 9 heavy (non-hydrogen) atoms. The van der Waals surface area contributed by atoms with E-state index in [-0.39, 0.29) is 4.75 Å². The standard InChI is InChI=1S/C7H16S2/c1-6(5-8)4-7(2,3)9/h6,8-9H,4-5H2,1-3H3. The molecular weight excluding hydrogens is 148 g/mol. The van der Waals surface area contributed by atoms with Crippen LogP contribution in [0.1, 0.15) is 27.2 Å². The molecule has 0 amide bonds. The van der Waals surface area contributed by atoms with E-state index in [4.69, 9.17) is 0 Å². The van der Waals surface area contributed by atoms with Crippen LogP contribution in [0.15, 0.2) is 0 Å². The van der Waals surface area contributed by atoms with Gasteiger partial charge in [-0.05, 0) is 18.1 Å². The molecule has 0 aromatic carbocycles. The van der Waals surface area contributed by atoms with Gasteiger partial charge in [0.05, 0.1) is 0 Å². The molecule has 0 fully saturated rings. The molecule has 0 heterocycles. The minimum Gasteiger partial charge on any atom is -0.179 e. The normalized spacial score (nSPS) is 15.7. The molecule has 0 aliphatic heterocycles. The Kier molecular flexibility index (Phi) is 4.06. The second-order valence-corrected chi connectivity index (χ2v) is 4.88. The van der Waals surface area contributed by atoms with Gasteiger partial charge in [0.25, 0.3) is 0 Å². The summed E-state index contributed by atoms with van der Waals surface area (Å²) in [4.78, 5) is 0. The predicted molar refractivity (Wildman–Crippen MR) is 50.7 cm³/mol. The molecule has 0 aliphatic carbocycles. The highest BCUT2D eigenvalue weighted by molar-refractivity contribution is 7.81. The van der Waals surface area contributed by atoms with E-state index in [1.165, 1.54) is 0 Å². The van der Waals surface area contributed by atoms with Crippen LogP contribution < -0.4 is 0 Å². The molecule has 0 saturated carbocycles. The molecule has 0 radical (unpaired) electrons. The summed E-state index contributed by atoms with van der Waals surface area (Å²) in [6.07, 6.45) is 1.14. The monoisotopic (exact) mass is 164 g/mol. The Morgan fingerprint density at radius 1 is 1.44 bits per heavy atom. The maximum Gasteiger partial charge on any atom is 0.00760 e. The first-order valence-corrected chi connectivity index (χ1v) is 4.37. The summed E-state index contributed by atoms with van der Waals surface area (Å²) < 4.78 is 0.169. The lowest BCUT2D eigenvalue weighted by molar-refractivity contribution is 0.513. The molecule has 1 atom stereocenters. The summed E-state index contributed by atoms with van der Waals surface area (Å²) in [5, 5.41) is 0. The van der Waals surface area contributed by atoms with E-state index in [0.717, 1.165) is 12.2 Å². The van der Waals surface area contributed by atoms with Crippen LogP contribution in [-0.2, 0) is 0 Å². The highest BCUT2D eigenvalue weighted by Gasteiger charge is 2.14. The molecule has 0 N–H and O–H groups in total. The Labute approximate surface area is 69.2 Å². The van der Waals surface area contributed by atoms with Crippen molar-refractivity contribution in [2.45, 2.75) is 31.9 Å². The second-order valence-electron chi connectivity index (χ2n) is 3.30.